The minimum Gasteiger partial charge on any atom is -0.476 e. The molecule has 8 heteroatoms. The number of carboxylic acids is 1. The summed E-state index contributed by atoms with van der Waals surface area (Å²) in [4.78, 5) is 19.0. The minimum atomic E-state index is -1.32. The van der Waals surface area contributed by atoms with Crippen LogP contribution in [0.5, 0.6) is 0 Å². The summed E-state index contributed by atoms with van der Waals surface area (Å²) in [6.45, 7) is 0.536. The second-order valence-electron chi connectivity index (χ2n) is 4.49. The van der Waals surface area contributed by atoms with Gasteiger partial charge in [-0.2, -0.15) is 0 Å². The van der Waals surface area contributed by atoms with Crippen LogP contribution in [0.25, 0.3) is 11.3 Å². The summed E-state index contributed by atoms with van der Waals surface area (Å²) < 4.78 is 37.6. The molecule has 0 saturated carbocycles. The fourth-order valence-electron chi connectivity index (χ4n) is 2.21. The number of carboxylic acid groups (broad SMARTS) is 1. The van der Waals surface area contributed by atoms with Crippen LogP contribution < -0.4 is 0 Å². The lowest BCUT2D eigenvalue weighted by atomic mass is 10.0. The first-order valence-corrected chi connectivity index (χ1v) is 6.34. The SMILES string of the molecule is O=C(O)c1ncnc(-c2ccc(F)cc2F)c1C1OCCO1. The minimum absolute atomic E-state index is 0.00296. The molecule has 2 heterocycles. The molecule has 1 fully saturated rings. The van der Waals surface area contributed by atoms with Gasteiger partial charge in [-0.1, -0.05) is 0 Å². The fourth-order valence-corrected chi connectivity index (χ4v) is 2.21. The molecular weight excluding hydrogens is 298 g/mol. The maximum absolute atomic E-state index is 14.0. The molecule has 0 atom stereocenters. The van der Waals surface area contributed by atoms with Crippen molar-refractivity contribution in [2.75, 3.05) is 13.2 Å². The highest BCUT2D eigenvalue weighted by molar-refractivity contribution is 5.89. The summed E-state index contributed by atoms with van der Waals surface area (Å²) in [6, 6.07) is 2.93. The van der Waals surface area contributed by atoms with Crippen molar-refractivity contribution < 1.29 is 28.2 Å². The number of aromatic nitrogens is 2. The van der Waals surface area contributed by atoms with Crippen LogP contribution in [0.1, 0.15) is 22.3 Å². The first-order chi connectivity index (χ1) is 10.6. The molecule has 0 aliphatic carbocycles. The van der Waals surface area contributed by atoms with Crippen molar-refractivity contribution in [1.29, 1.82) is 0 Å². The third kappa shape index (κ3) is 2.53. The molecule has 0 amide bonds. The highest BCUT2D eigenvalue weighted by Gasteiger charge is 2.30. The van der Waals surface area contributed by atoms with E-state index in [1.54, 1.807) is 0 Å². The van der Waals surface area contributed by atoms with E-state index in [0.29, 0.717) is 6.07 Å². The molecule has 1 aromatic heterocycles. The number of nitrogens with zero attached hydrogens (tertiary/aromatic N) is 2. The van der Waals surface area contributed by atoms with Crippen molar-refractivity contribution >= 4 is 5.97 Å². The van der Waals surface area contributed by atoms with Gasteiger partial charge in [-0.3, -0.25) is 0 Å². The smallest absolute Gasteiger partial charge is 0.355 e. The standard InChI is InChI=1S/C14H10F2N2O4/c15-7-1-2-8(9(16)5-7)11-10(14-21-3-4-22-14)12(13(19)20)18-6-17-11/h1-2,5-6,14H,3-4H2,(H,19,20). The van der Waals surface area contributed by atoms with Crippen LogP contribution in [-0.2, 0) is 9.47 Å². The normalized spacial score (nSPS) is 15.2. The lowest BCUT2D eigenvalue weighted by Gasteiger charge is -2.16. The summed E-state index contributed by atoms with van der Waals surface area (Å²) >= 11 is 0. The molecular formula is C14H10F2N2O4. The van der Waals surface area contributed by atoms with Crippen molar-refractivity contribution in [2.45, 2.75) is 6.29 Å². The maximum Gasteiger partial charge on any atom is 0.355 e. The van der Waals surface area contributed by atoms with Gasteiger partial charge in [0, 0.05) is 11.6 Å². The Morgan fingerprint density at radius 3 is 2.59 bits per heavy atom. The van der Waals surface area contributed by atoms with E-state index in [-0.39, 0.29) is 35.7 Å². The lowest BCUT2D eigenvalue weighted by Crippen LogP contribution is -2.13. The summed E-state index contributed by atoms with van der Waals surface area (Å²) in [5.74, 6) is -2.93. The molecule has 1 aromatic carbocycles. The van der Waals surface area contributed by atoms with Crippen LogP contribution in [0, 0.1) is 11.6 Å². The van der Waals surface area contributed by atoms with Gasteiger partial charge in [0.15, 0.2) is 12.0 Å². The third-order valence-electron chi connectivity index (χ3n) is 3.13. The van der Waals surface area contributed by atoms with Gasteiger partial charge in [0.1, 0.15) is 18.0 Å². The number of rotatable bonds is 3. The van der Waals surface area contributed by atoms with Crippen molar-refractivity contribution in [3.63, 3.8) is 0 Å². The molecule has 0 radical (unpaired) electrons. The molecule has 0 unspecified atom stereocenters. The number of carbonyl (C=O) groups is 1. The molecule has 1 saturated heterocycles. The Morgan fingerprint density at radius 2 is 1.95 bits per heavy atom. The summed E-state index contributed by atoms with van der Waals surface area (Å²) in [5.41, 5.74) is -0.393. The van der Waals surface area contributed by atoms with Gasteiger partial charge in [0.25, 0.3) is 0 Å². The fraction of sp³-hybridized carbons (Fsp3) is 0.214. The molecule has 3 rings (SSSR count). The Hall–Kier alpha value is -2.45. The zero-order chi connectivity index (χ0) is 15.7. The number of ether oxygens (including phenoxy) is 2. The second-order valence-corrected chi connectivity index (χ2v) is 4.49. The molecule has 0 spiro atoms. The number of benzene rings is 1. The van der Waals surface area contributed by atoms with Crippen LogP contribution in [-0.4, -0.2) is 34.3 Å². The van der Waals surface area contributed by atoms with Crippen LogP contribution >= 0.6 is 0 Å². The Labute approximate surface area is 123 Å². The predicted octanol–water partition coefficient (Wildman–Crippen LogP) is 2.17. The highest BCUT2D eigenvalue weighted by Crippen LogP contribution is 2.34. The van der Waals surface area contributed by atoms with E-state index < -0.39 is 23.9 Å². The molecule has 0 bridgehead atoms. The Kier molecular flexibility index (Phi) is 3.78. The van der Waals surface area contributed by atoms with Crippen LogP contribution in [0.15, 0.2) is 24.5 Å². The summed E-state index contributed by atoms with van der Waals surface area (Å²) in [5, 5.41) is 9.26. The topological polar surface area (TPSA) is 81.5 Å². The first-order valence-electron chi connectivity index (χ1n) is 6.34. The van der Waals surface area contributed by atoms with Gasteiger partial charge in [-0.15, -0.1) is 0 Å². The zero-order valence-electron chi connectivity index (χ0n) is 11.1. The van der Waals surface area contributed by atoms with Gasteiger partial charge in [-0.25, -0.2) is 23.5 Å². The number of hydrogen-bond acceptors (Lipinski definition) is 5. The quantitative estimate of drug-likeness (QED) is 0.936. The Bertz CT molecular complexity index is 733. The maximum atomic E-state index is 14.0. The number of halogens is 2. The van der Waals surface area contributed by atoms with Gasteiger partial charge in [-0.05, 0) is 12.1 Å². The molecule has 1 N–H and O–H groups in total. The van der Waals surface area contributed by atoms with Gasteiger partial charge in [0.2, 0.25) is 0 Å². The van der Waals surface area contributed by atoms with Crippen LogP contribution in [0.3, 0.4) is 0 Å². The van der Waals surface area contributed by atoms with Crippen LogP contribution in [0.4, 0.5) is 8.78 Å². The summed E-state index contributed by atoms with van der Waals surface area (Å²) in [6.07, 6.45) is -0.00760. The monoisotopic (exact) mass is 308 g/mol. The van der Waals surface area contributed by atoms with Crippen molar-refractivity contribution in [3.8, 4) is 11.3 Å². The van der Waals surface area contributed by atoms with E-state index >= 15 is 0 Å². The molecule has 22 heavy (non-hydrogen) atoms. The molecule has 2 aromatic rings. The summed E-state index contributed by atoms with van der Waals surface area (Å²) in [7, 11) is 0. The molecule has 1 aliphatic rings. The molecule has 6 nitrogen and oxygen atoms in total. The van der Waals surface area contributed by atoms with Gasteiger partial charge in [0.05, 0.1) is 24.5 Å². The van der Waals surface area contributed by atoms with Gasteiger partial charge >= 0.3 is 5.97 Å². The van der Waals surface area contributed by atoms with E-state index in [1.165, 1.54) is 6.07 Å². The van der Waals surface area contributed by atoms with Crippen molar-refractivity contribution in [2.24, 2.45) is 0 Å². The van der Waals surface area contributed by atoms with E-state index in [0.717, 1.165) is 12.4 Å². The second kappa shape index (κ2) is 5.74. The lowest BCUT2D eigenvalue weighted by molar-refractivity contribution is -0.0448. The molecule has 114 valence electrons. The Morgan fingerprint density at radius 1 is 1.23 bits per heavy atom. The van der Waals surface area contributed by atoms with E-state index in [2.05, 4.69) is 9.97 Å². The molecule has 1 aliphatic heterocycles. The largest absolute Gasteiger partial charge is 0.476 e. The van der Waals surface area contributed by atoms with E-state index in [4.69, 9.17) is 9.47 Å². The zero-order valence-corrected chi connectivity index (χ0v) is 11.1. The average molecular weight is 308 g/mol. The Balaban J connectivity index is 2.22. The first kappa shape index (κ1) is 14.5. The highest BCUT2D eigenvalue weighted by atomic mass is 19.1. The van der Waals surface area contributed by atoms with Crippen LogP contribution in [0.2, 0.25) is 0 Å². The van der Waals surface area contributed by atoms with E-state index in [1.807, 2.05) is 0 Å². The number of aromatic carboxylic acids is 1. The van der Waals surface area contributed by atoms with E-state index in [9.17, 15) is 18.7 Å². The number of hydrogen-bond donors (Lipinski definition) is 1. The third-order valence-corrected chi connectivity index (χ3v) is 3.13. The van der Waals surface area contributed by atoms with Crippen molar-refractivity contribution in [3.05, 3.63) is 47.4 Å². The predicted molar refractivity (Wildman–Crippen MR) is 69.0 cm³/mol. The van der Waals surface area contributed by atoms with Crippen molar-refractivity contribution in [1.82, 2.24) is 9.97 Å². The average Bonchev–Trinajstić information content (AvgIpc) is 3.00. The van der Waals surface area contributed by atoms with Gasteiger partial charge < -0.3 is 14.6 Å².